The van der Waals surface area contributed by atoms with Gasteiger partial charge < -0.3 is 5.32 Å². The van der Waals surface area contributed by atoms with Crippen LogP contribution in [0.5, 0.6) is 0 Å². The summed E-state index contributed by atoms with van der Waals surface area (Å²) in [6.07, 6.45) is 0. The largest absolute Gasteiger partial charge is 0.384 e. The second kappa shape index (κ2) is 5.72. The van der Waals surface area contributed by atoms with E-state index in [-0.39, 0.29) is 0 Å². The van der Waals surface area contributed by atoms with Gasteiger partial charge in [0.15, 0.2) is 0 Å². The zero-order valence-electron chi connectivity index (χ0n) is 11.4. The van der Waals surface area contributed by atoms with Crippen molar-refractivity contribution in [1.82, 2.24) is 0 Å². The Morgan fingerprint density at radius 1 is 1.00 bits per heavy atom. The molecule has 0 heterocycles. The smallest absolute Gasteiger partial charge is 0.0372 e. The van der Waals surface area contributed by atoms with Crippen LogP contribution in [-0.2, 0) is 0 Å². The van der Waals surface area contributed by atoms with Crippen LogP contribution < -0.4 is 5.32 Å². The minimum atomic E-state index is 0.520. The van der Waals surface area contributed by atoms with E-state index in [0.29, 0.717) is 5.92 Å². The molecule has 0 amide bonds. The van der Waals surface area contributed by atoms with Crippen molar-refractivity contribution in [3.63, 3.8) is 0 Å². The average molecular weight is 239 g/mol. The van der Waals surface area contributed by atoms with Crippen LogP contribution >= 0.6 is 0 Å². The van der Waals surface area contributed by atoms with Gasteiger partial charge in [-0.3, -0.25) is 0 Å². The van der Waals surface area contributed by atoms with E-state index in [2.05, 4.69) is 74.6 Å². The summed E-state index contributed by atoms with van der Waals surface area (Å²) in [6, 6.07) is 17.2. The molecule has 0 saturated carbocycles. The number of benzene rings is 2. The van der Waals surface area contributed by atoms with Crippen LogP contribution in [0.4, 0.5) is 5.69 Å². The molecule has 0 aromatic heterocycles. The highest BCUT2D eigenvalue weighted by molar-refractivity contribution is 5.52. The van der Waals surface area contributed by atoms with Gasteiger partial charge in [0.05, 0.1) is 0 Å². The van der Waals surface area contributed by atoms with Crippen LogP contribution in [0.2, 0.25) is 0 Å². The van der Waals surface area contributed by atoms with E-state index in [4.69, 9.17) is 0 Å². The molecule has 0 fully saturated rings. The monoisotopic (exact) mass is 239 g/mol. The Labute approximate surface area is 110 Å². The summed E-state index contributed by atoms with van der Waals surface area (Å²) in [4.78, 5) is 0. The number of anilines is 1. The van der Waals surface area contributed by atoms with Gasteiger partial charge in [0.1, 0.15) is 0 Å². The summed E-state index contributed by atoms with van der Waals surface area (Å²) >= 11 is 0. The third-order valence-corrected chi connectivity index (χ3v) is 3.36. The van der Waals surface area contributed by atoms with Crippen molar-refractivity contribution in [2.75, 3.05) is 11.9 Å². The summed E-state index contributed by atoms with van der Waals surface area (Å²) in [5.41, 5.74) is 5.24. The first kappa shape index (κ1) is 12.7. The third kappa shape index (κ3) is 3.13. The molecule has 0 aliphatic carbocycles. The number of hydrogen-bond acceptors (Lipinski definition) is 1. The Bertz CT molecular complexity index is 502. The van der Waals surface area contributed by atoms with Crippen LogP contribution in [0, 0.1) is 13.8 Å². The van der Waals surface area contributed by atoms with E-state index < -0.39 is 0 Å². The molecule has 0 aliphatic heterocycles. The van der Waals surface area contributed by atoms with Gasteiger partial charge in [0, 0.05) is 12.2 Å². The molecule has 2 aromatic rings. The maximum atomic E-state index is 3.55. The summed E-state index contributed by atoms with van der Waals surface area (Å²) in [5, 5.41) is 3.55. The number of hydrogen-bond donors (Lipinski definition) is 1. The highest BCUT2D eigenvalue weighted by Gasteiger charge is 2.05. The van der Waals surface area contributed by atoms with E-state index in [9.17, 15) is 0 Å². The van der Waals surface area contributed by atoms with Crippen LogP contribution in [0.25, 0.3) is 0 Å². The summed E-state index contributed by atoms with van der Waals surface area (Å²) in [6.45, 7) is 7.50. The molecule has 0 spiro atoms. The Morgan fingerprint density at radius 3 is 2.44 bits per heavy atom. The van der Waals surface area contributed by atoms with Gasteiger partial charge in [-0.15, -0.1) is 0 Å². The fourth-order valence-electron chi connectivity index (χ4n) is 2.09. The fourth-order valence-corrected chi connectivity index (χ4v) is 2.09. The molecule has 1 nitrogen and oxygen atoms in total. The molecule has 0 radical (unpaired) electrons. The highest BCUT2D eigenvalue weighted by Crippen LogP contribution is 2.19. The van der Waals surface area contributed by atoms with Gasteiger partial charge in [-0.25, -0.2) is 0 Å². The van der Waals surface area contributed by atoms with Crippen molar-refractivity contribution >= 4 is 5.69 Å². The van der Waals surface area contributed by atoms with Crippen molar-refractivity contribution in [1.29, 1.82) is 0 Å². The number of nitrogens with one attached hydrogen (secondary N) is 1. The van der Waals surface area contributed by atoms with E-state index in [1.807, 2.05) is 0 Å². The molecule has 2 rings (SSSR count). The zero-order chi connectivity index (χ0) is 13.0. The quantitative estimate of drug-likeness (QED) is 0.827. The molecule has 2 aromatic carbocycles. The van der Waals surface area contributed by atoms with Crippen molar-refractivity contribution in [2.45, 2.75) is 26.7 Å². The molecule has 1 unspecified atom stereocenters. The molecular weight excluding hydrogens is 218 g/mol. The SMILES string of the molecule is Cc1ccc(C)c(NCC(C)c2ccccc2)c1. The number of rotatable bonds is 4. The lowest BCUT2D eigenvalue weighted by atomic mass is 10.0. The number of aryl methyl sites for hydroxylation is 2. The first-order valence-electron chi connectivity index (χ1n) is 6.53. The van der Waals surface area contributed by atoms with Gasteiger partial charge in [-0.1, -0.05) is 49.4 Å². The van der Waals surface area contributed by atoms with E-state index in [1.165, 1.54) is 22.4 Å². The summed E-state index contributed by atoms with van der Waals surface area (Å²) < 4.78 is 0. The molecule has 1 N–H and O–H groups in total. The van der Waals surface area contributed by atoms with Crippen molar-refractivity contribution in [3.8, 4) is 0 Å². The Hall–Kier alpha value is -1.76. The maximum absolute atomic E-state index is 3.55. The fraction of sp³-hybridized carbons (Fsp3) is 0.294. The van der Waals surface area contributed by atoms with Crippen LogP contribution in [0.1, 0.15) is 29.5 Å². The van der Waals surface area contributed by atoms with Crippen molar-refractivity contribution in [2.24, 2.45) is 0 Å². The van der Waals surface area contributed by atoms with Gasteiger partial charge in [-0.05, 0) is 42.5 Å². The van der Waals surface area contributed by atoms with Crippen LogP contribution in [0.3, 0.4) is 0 Å². The van der Waals surface area contributed by atoms with Gasteiger partial charge >= 0.3 is 0 Å². The molecule has 0 saturated heterocycles. The predicted molar refractivity (Wildman–Crippen MR) is 79.3 cm³/mol. The minimum absolute atomic E-state index is 0.520. The molecule has 0 bridgehead atoms. The standard InChI is InChI=1S/C17H21N/c1-13-9-10-14(2)17(11-13)18-12-15(3)16-7-5-4-6-8-16/h4-11,15,18H,12H2,1-3H3. The molecule has 1 heteroatoms. The molecule has 94 valence electrons. The van der Waals surface area contributed by atoms with Crippen molar-refractivity contribution in [3.05, 3.63) is 65.2 Å². The van der Waals surface area contributed by atoms with Crippen LogP contribution in [-0.4, -0.2) is 6.54 Å². The van der Waals surface area contributed by atoms with E-state index in [1.54, 1.807) is 0 Å². The van der Waals surface area contributed by atoms with Crippen molar-refractivity contribution < 1.29 is 0 Å². The third-order valence-electron chi connectivity index (χ3n) is 3.36. The summed E-state index contributed by atoms with van der Waals surface area (Å²) in [5.74, 6) is 0.520. The van der Waals surface area contributed by atoms with Gasteiger partial charge in [0.2, 0.25) is 0 Å². The van der Waals surface area contributed by atoms with E-state index >= 15 is 0 Å². The second-order valence-corrected chi connectivity index (χ2v) is 5.01. The summed E-state index contributed by atoms with van der Waals surface area (Å²) in [7, 11) is 0. The predicted octanol–water partition coefficient (Wildman–Crippen LogP) is 4.52. The molecule has 18 heavy (non-hydrogen) atoms. The van der Waals surface area contributed by atoms with Gasteiger partial charge in [-0.2, -0.15) is 0 Å². The second-order valence-electron chi connectivity index (χ2n) is 5.01. The van der Waals surface area contributed by atoms with Crippen LogP contribution in [0.15, 0.2) is 48.5 Å². The first-order valence-corrected chi connectivity index (χ1v) is 6.53. The normalized spacial score (nSPS) is 12.2. The van der Waals surface area contributed by atoms with E-state index in [0.717, 1.165) is 6.54 Å². The highest BCUT2D eigenvalue weighted by atomic mass is 14.9. The lowest BCUT2D eigenvalue weighted by Gasteiger charge is -2.16. The topological polar surface area (TPSA) is 12.0 Å². The maximum Gasteiger partial charge on any atom is 0.0372 e. The minimum Gasteiger partial charge on any atom is -0.384 e. The Balaban J connectivity index is 2.01. The lowest BCUT2D eigenvalue weighted by Crippen LogP contribution is -2.10. The van der Waals surface area contributed by atoms with Gasteiger partial charge in [0.25, 0.3) is 0 Å². The first-order chi connectivity index (χ1) is 8.66. The zero-order valence-corrected chi connectivity index (χ0v) is 11.4. The average Bonchev–Trinajstić information content (AvgIpc) is 2.40. The lowest BCUT2D eigenvalue weighted by molar-refractivity contribution is 0.804. The molecular formula is C17H21N. The molecule has 1 atom stereocenters. The Kier molecular flexibility index (Phi) is 4.03. The Morgan fingerprint density at radius 2 is 1.72 bits per heavy atom. The molecule has 0 aliphatic rings.